The maximum absolute atomic E-state index is 13.1. The van der Waals surface area contributed by atoms with E-state index in [1.807, 2.05) is 12.1 Å². The highest BCUT2D eigenvalue weighted by molar-refractivity contribution is 5.93. The summed E-state index contributed by atoms with van der Waals surface area (Å²) in [5, 5.41) is 6.92. The summed E-state index contributed by atoms with van der Waals surface area (Å²) in [4.78, 5) is 27.6. The lowest BCUT2D eigenvalue weighted by molar-refractivity contribution is -0.124. The maximum Gasteiger partial charge on any atom is 0.276 e. The quantitative estimate of drug-likeness (QED) is 0.639. The Morgan fingerprint density at radius 2 is 1.97 bits per heavy atom. The first-order valence-corrected chi connectivity index (χ1v) is 11.2. The van der Waals surface area contributed by atoms with Crippen molar-refractivity contribution in [2.24, 2.45) is 5.92 Å². The second kappa shape index (κ2) is 9.81. The van der Waals surface area contributed by atoms with Crippen LogP contribution in [-0.2, 0) is 17.6 Å². The fourth-order valence-corrected chi connectivity index (χ4v) is 4.16. The molecule has 0 radical (unpaired) electrons. The standard InChI is InChI=1S/C26H29N3O3/c1-3-6-22-16-24(28-32-22)26(31)29-14-13-27-25(30)21(17-29)15-20-7-4-5-8-23(20)19-11-9-18(2)10-12-19/h4-5,7-12,16,21H,3,6,13-15,17H2,1-2H3,(H,27,30). The number of aryl methyl sites for hydroxylation is 2. The van der Waals surface area contributed by atoms with Crippen molar-refractivity contribution in [3.63, 3.8) is 0 Å². The van der Waals surface area contributed by atoms with Crippen LogP contribution in [0.1, 0.15) is 40.7 Å². The molecule has 0 saturated carbocycles. The highest BCUT2D eigenvalue weighted by atomic mass is 16.5. The summed E-state index contributed by atoms with van der Waals surface area (Å²) >= 11 is 0. The van der Waals surface area contributed by atoms with Gasteiger partial charge in [0.05, 0.1) is 5.92 Å². The molecule has 1 aliphatic heterocycles. The molecule has 1 aliphatic rings. The lowest BCUT2D eigenvalue weighted by Crippen LogP contribution is -2.37. The van der Waals surface area contributed by atoms with Crippen molar-refractivity contribution in [3.8, 4) is 11.1 Å². The zero-order chi connectivity index (χ0) is 22.5. The number of benzene rings is 2. The fourth-order valence-electron chi connectivity index (χ4n) is 4.16. The monoisotopic (exact) mass is 431 g/mol. The Labute approximate surface area is 188 Å². The fraction of sp³-hybridized carbons (Fsp3) is 0.346. The van der Waals surface area contributed by atoms with Crippen molar-refractivity contribution in [2.75, 3.05) is 19.6 Å². The minimum absolute atomic E-state index is 0.0224. The molecule has 32 heavy (non-hydrogen) atoms. The minimum Gasteiger partial charge on any atom is -0.361 e. The summed E-state index contributed by atoms with van der Waals surface area (Å²) in [7, 11) is 0. The summed E-state index contributed by atoms with van der Waals surface area (Å²) in [5.41, 5.74) is 4.85. The molecule has 0 aliphatic carbocycles. The Balaban J connectivity index is 1.55. The maximum atomic E-state index is 13.1. The zero-order valence-corrected chi connectivity index (χ0v) is 18.6. The van der Waals surface area contributed by atoms with Gasteiger partial charge < -0.3 is 14.7 Å². The van der Waals surface area contributed by atoms with E-state index in [1.165, 1.54) is 5.56 Å². The largest absolute Gasteiger partial charge is 0.361 e. The van der Waals surface area contributed by atoms with Crippen LogP contribution < -0.4 is 5.32 Å². The molecule has 1 saturated heterocycles. The molecule has 2 aromatic carbocycles. The van der Waals surface area contributed by atoms with Crippen LogP contribution in [0.2, 0.25) is 0 Å². The number of nitrogens with zero attached hydrogens (tertiary/aromatic N) is 2. The summed E-state index contributed by atoms with van der Waals surface area (Å²) < 4.78 is 5.28. The van der Waals surface area contributed by atoms with Crippen molar-refractivity contribution in [1.82, 2.24) is 15.4 Å². The van der Waals surface area contributed by atoms with Gasteiger partial charge in [-0.3, -0.25) is 9.59 Å². The highest BCUT2D eigenvalue weighted by Gasteiger charge is 2.30. The van der Waals surface area contributed by atoms with Crippen LogP contribution >= 0.6 is 0 Å². The van der Waals surface area contributed by atoms with E-state index < -0.39 is 0 Å². The van der Waals surface area contributed by atoms with Gasteiger partial charge in [-0.25, -0.2) is 0 Å². The Hall–Kier alpha value is -3.41. The van der Waals surface area contributed by atoms with Gasteiger partial charge in [0.2, 0.25) is 5.91 Å². The number of hydrogen-bond donors (Lipinski definition) is 1. The van der Waals surface area contributed by atoms with Gasteiger partial charge >= 0.3 is 0 Å². The van der Waals surface area contributed by atoms with E-state index in [9.17, 15) is 9.59 Å². The molecule has 1 atom stereocenters. The number of hydrogen-bond acceptors (Lipinski definition) is 4. The van der Waals surface area contributed by atoms with Gasteiger partial charge in [-0.2, -0.15) is 0 Å². The first kappa shape index (κ1) is 21.8. The number of carbonyl (C=O) groups is 2. The molecule has 2 heterocycles. The first-order chi connectivity index (χ1) is 15.5. The number of carbonyl (C=O) groups excluding carboxylic acids is 2. The molecule has 0 bridgehead atoms. The van der Waals surface area contributed by atoms with E-state index in [0.717, 1.165) is 29.5 Å². The average molecular weight is 432 g/mol. The molecule has 0 spiro atoms. The molecule has 2 amide bonds. The number of amides is 2. The van der Waals surface area contributed by atoms with E-state index in [0.29, 0.717) is 37.5 Å². The normalized spacial score (nSPS) is 16.5. The smallest absolute Gasteiger partial charge is 0.276 e. The van der Waals surface area contributed by atoms with Crippen molar-refractivity contribution < 1.29 is 14.1 Å². The Morgan fingerprint density at radius 3 is 2.75 bits per heavy atom. The third kappa shape index (κ3) is 4.90. The molecule has 166 valence electrons. The van der Waals surface area contributed by atoms with E-state index in [4.69, 9.17) is 4.52 Å². The predicted molar refractivity (Wildman–Crippen MR) is 123 cm³/mol. The summed E-state index contributed by atoms with van der Waals surface area (Å²) in [6, 6.07) is 18.3. The third-order valence-electron chi connectivity index (χ3n) is 5.90. The van der Waals surface area contributed by atoms with Crippen molar-refractivity contribution >= 4 is 11.8 Å². The van der Waals surface area contributed by atoms with Crippen molar-refractivity contribution in [3.05, 3.63) is 77.2 Å². The van der Waals surface area contributed by atoms with E-state index in [1.54, 1.807) is 11.0 Å². The second-order valence-electron chi connectivity index (χ2n) is 8.39. The molecule has 6 nitrogen and oxygen atoms in total. The second-order valence-corrected chi connectivity index (χ2v) is 8.39. The summed E-state index contributed by atoms with van der Waals surface area (Å²) in [6.45, 7) is 5.35. The van der Waals surface area contributed by atoms with E-state index >= 15 is 0 Å². The van der Waals surface area contributed by atoms with Crippen LogP contribution in [0.3, 0.4) is 0 Å². The third-order valence-corrected chi connectivity index (χ3v) is 5.90. The zero-order valence-electron chi connectivity index (χ0n) is 18.6. The molecule has 4 rings (SSSR count). The molecule has 6 heteroatoms. The summed E-state index contributed by atoms with van der Waals surface area (Å²) in [5.74, 6) is 0.161. The van der Waals surface area contributed by atoms with Crippen molar-refractivity contribution in [1.29, 1.82) is 0 Å². The van der Waals surface area contributed by atoms with Gasteiger partial charge in [0.25, 0.3) is 5.91 Å². The molecular formula is C26H29N3O3. The van der Waals surface area contributed by atoms with Gasteiger partial charge in [-0.15, -0.1) is 0 Å². The number of nitrogens with one attached hydrogen (secondary N) is 1. The Morgan fingerprint density at radius 1 is 1.19 bits per heavy atom. The molecule has 3 aromatic rings. The van der Waals surface area contributed by atoms with Gasteiger partial charge in [0, 0.05) is 32.1 Å². The Kier molecular flexibility index (Phi) is 6.69. The van der Waals surface area contributed by atoms with Crippen LogP contribution in [0, 0.1) is 12.8 Å². The van der Waals surface area contributed by atoms with Crippen LogP contribution in [0.5, 0.6) is 0 Å². The van der Waals surface area contributed by atoms with Crippen LogP contribution in [0.4, 0.5) is 0 Å². The molecule has 1 unspecified atom stereocenters. The summed E-state index contributed by atoms with van der Waals surface area (Å²) in [6.07, 6.45) is 2.23. The van der Waals surface area contributed by atoms with E-state index in [2.05, 4.69) is 60.7 Å². The van der Waals surface area contributed by atoms with Crippen LogP contribution in [0.25, 0.3) is 11.1 Å². The van der Waals surface area contributed by atoms with Crippen molar-refractivity contribution in [2.45, 2.75) is 33.1 Å². The van der Waals surface area contributed by atoms with Crippen LogP contribution in [-0.4, -0.2) is 41.5 Å². The van der Waals surface area contributed by atoms with Crippen LogP contribution in [0.15, 0.2) is 59.1 Å². The highest BCUT2D eigenvalue weighted by Crippen LogP contribution is 2.27. The topological polar surface area (TPSA) is 75.4 Å². The number of rotatable bonds is 6. The molecule has 1 aromatic heterocycles. The molecule has 1 N–H and O–H groups in total. The lowest BCUT2D eigenvalue weighted by atomic mass is 9.91. The lowest BCUT2D eigenvalue weighted by Gasteiger charge is -2.23. The molecule has 1 fully saturated rings. The first-order valence-electron chi connectivity index (χ1n) is 11.2. The average Bonchev–Trinajstić information content (AvgIpc) is 3.19. The van der Waals surface area contributed by atoms with Gasteiger partial charge in [0.1, 0.15) is 5.76 Å². The SMILES string of the molecule is CCCc1cc(C(=O)N2CCNC(=O)C(Cc3ccccc3-c3ccc(C)cc3)C2)no1. The Bertz CT molecular complexity index is 1090. The minimum atomic E-state index is -0.338. The van der Waals surface area contributed by atoms with Gasteiger partial charge in [-0.05, 0) is 36.5 Å². The van der Waals surface area contributed by atoms with Gasteiger partial charge in [-0.1, -0.05) is 66.2 Å². The predicted octanol–water partition coefficient (Wildman–Crippen LogP) is 4.03. The van der Waals surface area contributed by atoms with E-state index in [-0.39, 0.29) is 17.7 Å². The number of aromatic nitrogens is 1. The van der Waals surface area contributed by atoms with Gasteiger partial charge in [0.15, 0.2) is 5.69 Å². The molecular weight excluding hydrogens is 402 g/mol.